The van der Waals surface area contributed by atoms with Gasteiger partial charge >= 0.3 is 0 Å². The summed E-state index contributed by atoms with van der Waals surface area (Å²) in [4.78, 5) is 16.5. The van der Waals surface area contributed by atoms with Gasteiger partial charge in [-0.05, 0) is 30.9 Å². The fourth-order valence-corrected chi connectivity index (χ4v) is 2.75. The molecule has 0 saturated heterocycles. The Morgan fingerprint density at radius 1 is 1.41 bits per heavy atom. The molecular formula is C18H25N3O. The number of rotatable bonds is 7. The lowest BCUT2D eigenvalue weighted by Crippen LogP contribution is -2.27. The molecule has 0 bridgehead atoms. The highest BCUT2D eigenvalue weighted by molar-refractivity contribution is 5.80. The Labute approximate surface area is 131 Å². The molecule has 118 valence electrons. The van der Waals surface area contributed by atoms with Crippen LogP contribution in [-0.4, -0.2) is 22.0 Å². The minimum Gasteiger partial charge on any atom is -0.355 e. The molecule has 4 heteroatoms. The summed E-state index contributed by atoms with van der Waals surface area (Å²) in [5.74, 6) is 2.19. The van der Waals surface area contributed by atoms with Gasteiger partial charge in [-0.1, -0.05) is 32.4 Å². The number of carbonyl (C=O) groups excluding carboxylic acids is 1. The van der Waals surface area contributed by atoms with Crippen molar-refractivity contribution < 1.29 is 4.79 Å². The molecule has 4 nitrogen and oxygen atoms in total. The highest BCUT2D eigenvalue weighted by Crippen LogP contribution is 2.28. The van der Waals surface area contributed by atoms with Crippen LogP contribution < -0.4 is 5.32 Å². The van der Waals surface area contributed by atoms with Gasteiger partial charge in [-0.3, -0.25) is 4.79 Å². The Hall–Kier alpha value is -1.84. The Balaban J connectivity index is 1.74. The van der Waals surface area contributed by atoms with Crippen molar-refractivity contribution in [2.45, 2.75) is 46.1 Å². The van der Waals surface area contributed by atoms with Gasteiger partial charge in [-0.2, -0.15) is 0 Å². The molecule has 2 aromatic rings. The van der Waals surface area contributed by atoms with E-state index in [4.69, 9.17) is 4.98 Å². The summed E-state index contributed by atoms with van der Waals surface area (Å²) < 4.78 is 2.33. The predicted molar refractivity (Wildman–Crippen MR) is 88.6 cm³/mol. The molecule has 1 aromatic carbocycles. The van der Waals surface area contributed by atoms with Crippen LogP contribution >= 0.6 is 0 Å². The third kappa shape index (κ3) is 3.32. The fraction of sp³-hybridized carbons (Fsp3) is 0.556. The van der Waals surface area contributed by atoms with Crippen molar-refractivity contribution in [3.63, 3.8) is 0 Å². The van der Waals surface area contributed by atoms with Crippen LogP contribution in [0.15, 0.2) is 24.3 Å². The molecule has 22 heavy (non-hydrogen) atoms. The largest absolute Gasteiger partial charge is 0.355 e. The van der Waals surface area contributed by atoms with E-state index in [1.807, 2.05) is 6.07 Å². The molecule has 1 N–H and O–H groups in total. The lowest BCUT2D eigenvalue weighted by molar-refractivity contribution is -0.122. The van der Waals surface area contributed by atoms with Gasteiger partial charge in [0.2, 0.25) is 5.91 Å². The number of amides is 1. The van der Waals surface area contributed by atoms with E-state index in [9.17, 15) is 4.79 Å². The summed E-state index contributed by atoms with van der Waals surface area (Å²) in [6.45, 7) is 6.16. The normalized spacial score (nSPS) is 15.9. The van der Waals surface area contributed by atoms with Gasteiger partial charge in [0.15, 0.2) is 0 Å². The molecule has 1 atom stereocenters. The van der Waals surface area contributed by atoms with Crippen molar-refractivity contribution in [1.82, 2.24) is 14.9 Å². The molecular weight excluding hydrogens is 274 g/mol. The summed E-state index contributed by atoms with van der Waals surface area (Å²) in [5.41, 5.74) is 2.25. The standard InChI is InChI=1S/C18H25N3O/c1-3-13(2)12-21-16-7-5-4-6-15(16)20-17(21)10-11-19-18(22)14-8-9-14/h4-7,13-14H,3,8-12H2,1-2H3,(H,19,22). The first-order chi connectivity index (χ1) is 10.7. The maximum Gasteiger partial charge on any atom is 0.223 e. The summed E-state index contributed by atoms with van der Waals surface area (Å²) in [6.07, 6.45) is 4.06. The molecule has 3 rings (SSSR count). The first kappa shape index (κ1) is 15.1. The zero-order valence-electron chi connectivity index (χ0n) is 13.5. The van der Waals surface area contributed by atoms with Crippen molar-refractivity contribution in [1.29, 1.82) is 0 Å². The quantitative estimate of drug-likeness (QED) is 0.853. The molecule has 0 spiro atoms. The number of aromatic nitrogens is 2. The average Bonchev–Trinajstić information content (AvgIpc) is 3.32. The smallest absolute Gasteiger partial charge is 0.223 e. The lowest BCUT2D eigenvalue weighted by atomic mass is 10.1. The van der Waals surface area contributed by atoms with Crippen LogP contribution in [0.3, 0.4) is 0 Å². The number of fused-ring (bicyclic) bond motifs is 1. The third-order valence-electron chi connectivity index (χ3n) is 4.52. The van der Waals surface area contributed by atoms with Crippen LogP contribution in [0.2, 0.25) is 0 Å². The van der Waals surface area contributed by atoms with Crippen molar-refractivity contribution in [3.8, 4) is 0 Å². The van der Waals surface area contributed by atoms with Crippen LogP contribution in [0.4, 0.5) is 0 Å². The monoisotopic (exact) mass is 299 g/mol. The molecule has 1 amide bonds. The average molecular weight is 299 g/mol. The van der Waals surface area contributed by atoms with Crippen molar-refractivity contribution in [2.75, 3.05) is 6.54 Å². The molecule has 1 fully saturated rings. The highest BCUT2D eigenvalue weighted by Gasteiger charge is 2.29. The molecule has 1 heterocycles. The van der Waals surface area contributed by atoms with Crippen LogP contribution in [0, 0.1) is 11.8 Å². The van der Waals surface area contributed by atoms with E-state index in [0.29, 0.717) is 12.5 Å². The minimum absolute atomic E-state index is 0.213. The number of carbonyl (C=O) groups is 1. The van der Waals surface area contributed by atoms with Crippen LogP contribution in [0.5, 0.6) is 0 Å². The minimum atomic E-state index is 0.213. The molecule has 1 aromatic heterocycles. The van der Waals surface area contributed by atoms with Gasteiger partial charge in [0.25, 0.3) is 0 Å². The van der Waals surface area contributed by atoms with Crippen LogP contribution in [-0.2, 0) is 17.8 Å². The van der Waals surface area contributed by atoms with E-state index in [1.54, 1.807) is 0 Å². The van der Waals surface area contributed by atoms with Gasteiger partial charge in [0.05, 0.1) is 11.0 Å². The van der Waals surface area contributed by atoms with E-state index < -0.39 is 0 Å². The van der Waals surface area contributed by atoms with E-state index in [-0.39, 0.29) is 11.8 Å². The van der Waals surface area contributed by atoms with Crippen molar-refractivity contribution in [3.05, 3.63) is 30.1 Å². The SMILES string of the molecule is CCC(C)Cn1c(CCNC(=O)C2CC2)nc2ccccc21. The second-order valence-electron chi connectivity index (χ2n) is 6.46. The summed E-state index contributed by atoms with van der Waals surface area (Å²) in [6, 6.07) is 8.29. The van der Waals surface area contributed by atoms with E-state index in [0.717, 1.165) is 43.6 Å². The molecule has 1 saturated carbocycles. The fourth-order valence-electron chi connectivity index (χ4n) is 2.75. The third-order valence-corrected chi connectivity index (χ3v) is 4.52. The maximum atomic E-state index is 11.7. The number of hydrogen-bond donors (Lipinski definition) is 1. The molecule has 0 radical (unpaired) electrons. The van der Waals surface area contributed by atoms with Crippen LogP contribution in [0.1, 0.15) is 38.9 Å². The number of nitrogens with zero attached hydrogens (tertiary/aromatic N) is 2. The maximum absolute atomic E-state index is 11.7. The topological polar surface area (TPSA) is 46.9 Å². The van der Waals surface area contributed by atoms with E-state index in [2.05, 4.69) is 41.9 Å². The van der Waals surface area contributed by atoms with Crippen molar-refractivity contribution >= 4 is 16.9 Å². The van der Waals surface area contributed by atoms with Gasteiger partial charge < -0.3 is 9.88 Å². The lowest BCUT2D eigenvalue weighted by Gasteiger charge is -2.14. The summed E-state index contributed by atoms with van der Waals surface area (Å²) in [7, 11) is 0. The second-order valence-corrected chi connectivity index (χ2v) is 6.46. The molecule has 1 aliphatic rings. The Kier molecular flexibility index (Phi) is 4.46. The zero-order valence-corrected chi connectivity index (χ0v) is 13.5. The zero-order chi connectivity index (χ0) is 15.5. The Bertz CT molecular complexity index is 657. The number of benzene rings is 1. The second kappa shape index (κ2) is 6.51. The van der Waals surface area contributed by atoms with Crippen molar-refractivity contribution in [2.24, 2.45) is 11.8 Å². The van der Waals surface area contributed by atoms with E-state index in [1.165, 1.54) is 5.52 Å². The Morgan fingerprint density at radius 3 is 2.91 bits per heavy atom. The number of nitrogens with one attached hydrogen (secondary N) is 1. The number of hydrogen-bond acceptors (Lipinski definition) is 2. The molecule has 0 aliphatic heterocycles. The summed E-state index contributed by atoms with van der Waals surface area (Å²) >= 11 is 0. The Morgan fingerprint density at radius 2 is 2.18 bits per heavy atom. The van der Waals surface area contributed by atoms with Gasteiger partial charge in [-0.25, -0.2) is 4.98 Å². The first-order valence-electron chi connectivity index (χ1n) is 8.41. The van der Waals surface area contributed by atoms with Gasteiger partial charge in [-0.15, -0.1) is 0 Å². The predicted octanol–water partition coefficient (Wildman–Crippen LogP) is 3.15. The first-order valence-corrected chi connectivity index (χ1v) is 8.41. The number of para-hydroxylation sites is 2. The highest BCUT2D eigenvalue weighted by atomic mass is 16.2. The molecule has 1 aliphatic carbocycles. The van der Waals surface area contributed by atoms with Gasteiger partial charge in [0.1, 0.15) is 5.82 Å². The van der Waals surface area contributed by atoms with Crippen LogP contribution in [0.25, 0.3) is 11.0 Å². The van der Waals surface area contributed by atoms with Gasteiger partial charge in [0, 0.05) is 25.4 Å². The molecule has 1 unspecified atom stereocenters. The van der Waals surface area contributed by atoms with E-state index >= 15 is 0 Å². The number of imidazole rings is 1. The summed E-state index contributed by atoms with van der Waals surface area (Å²) in [5, 5.41) is 3.04.